The minimum atomic E-state index is -3.52. The van der Waals surface area contributed by atoms with E-state index < -0.39 is 21.8 Å². The van der Waals surface area contributed by atoms with Gasteiger partial charge in [-0.1, -0.05) is 6.42 Å². The van der Waals surface area contributed by atoms with E-state index >= 15 is 0 Å². The topological polar surface area (TPSA) is 113 Å². The highest BCUT2D eigenvalue weighted by Crippen LogP contribution is 2.27. The van der Waals surface area contributed by atoms with Crippen molar-refractivity contribution < 1.29 is 18.0 Å². The molecule has 176 valence electrons. The van der Waals surface area contributed by atoms with Gasteiger partial charge in [0.2, 0.25) is 5.91 Å². The van der Waals surface area contributed by atoms with E-state index in [-0.39, 0.29) is 10.6 Å². The molecule has 0 saturated carbocycles. The van der Waals surface area contributed by atoms with Crippen molar-refractivity contribution >= 4 is 44.2 Å². The Hall–Kier alpha value is -2.76. The lowest BCUT2D eigenvalue weighted by Crippen LogP contribution is -2.42. The summed E-state index contributed by atoms with van der Waals surface area (Å²) in [5.74, 6) is -0.0104. The van der Waals surface area contributed by atoms with Crippen LogP contribution in [0.5, 0.6) is 0 Å². The van der Waals surface area contributed by atoms with Gasteiger partial charge in [-0.25, -0.2) is 13.4 Å². The molecule has 9 nitrogen and oxygen atoms in total. The molecule has 1 aromatic carbocycles. The number of hydrogen-bond donors (Lipinski definition) is 2. The number of sulfonamides is 1. The first-order valence-electron chi connectivity index (χ1n) is 10.9. The van der Waals surface area contributed by atoms with Crippen LogP contribution in [0, 0.1) is 6.92 Å². The molecule has 1 saturated heterocycles. The maximum absolute atomic E-state index is 12.8. The fraction of sp³-hybridized carbons (Fsp3) is 0.409. The largest absolute Gasteiger partial charge is 0.329 e. The van der Waals surface area contributed by atoms with Crippen LogP contribution < -0.4 is 10.9 Å². The predicted octanol–water partition coefficient (Wildman–Crippen LogP) is 2.60. The third kappa shape index (κ3) is 4.94. The summed E-state index contributed by atoms with van der Waals surface area (Å²) < 4.78 is 29.3. The molecule has 3 heterocycles. The number of carbonyl (C=O) groups is 2. The van der Waals surface area contributed by atoms with Gasteiger partial charge in [0.1, 0.15) is 10.0 Å². The lowest BCUT2D eigenvalue weighted by Gasteiger charge is -2.25. The van der Waals surface area contributed by atoms with Crippen molar-refractivity contribution in [2.24, 2.45) is 0 Å². The van der Waals surface area contributed by atoms with Gasteiger partial charge < -0.3 is 4.57 Å². The smallest absolute Gasteiger partial charge is 0.269 e. The number of aryl methyl sites for hydroxylation is 2. The molecule has 4 rings (SSSR count). The number of piperidine rings is 1. The Kier molecular flexibility index (Phi) is 6.82. The average molecular weight is 490 g/mol. The normalized spacial score (nSPS) is 15.0. The van der Waals surface area contributed by atoms with Gasteiger partial charge in [0.15, 0.2) is 0 Å². The van der Waals surface area contributed by atoms with Crippen LogP contribution in [-0.2, 0) is 27.8 Å². The highest BCUT2D eigenvalue weighted by molar-refractivity contribution is 7.91. The lowest BCUT2D eigenvalue weighted by molar-refractivity contribution is -0.121. The number of fused-ring (bicyclic) bond motifs is 1. The van der Waals surface area contributed by atoms with Crippen molar-refractivity contribution in [2.75, 3.05) is 13.1 Å². The summed E-state index contributed by atoms with van der Waals surface area (Å²) in [5, 5.41) is 0. The number of amides is 2. The molecule has 0 radical (unpaired) electrons. The first-order valence-corrected chi connectivity index (χ1v) is 13.2. The molecule has 2 amide bonds. The van der Waals surface area contributed by atoms with Gasteiger partial charge in [0, 0.05) is 30.1 Å². The molecule has 3 aromatic rings. The molecule has 0 aliphatic carbocycles. The summed E-state index contributed by atoms with van der Waals surface area (Å²) in [4.78, 5) is 29.9. The number of carbonyl (C=O) groups excluding carboxylic acids is 2. The first-order chi connectivity index (χ1) is 15.8. The molecule has 1 aliphatic heterocycles. The van der Waals surface area contributed by atoms with Crippen molar-refractivity contribution in [3.05, 3.63) is 46.6 Å². The van der Waals surface area contributed by atoms with Crippen LogP contribution in [0.25, 0.3) is 11.0 Å². The third-order valence-electron chi connectivity index (χ3n) is 5.71. The van der Waals surface area contributed by atoms with Gasteiger partial charge in [-0.05, 0) is 57.0 Å². The molecular weight excluding hydrogens is 462 g/mol. The van der Waals surface area contributed by atoms with E-state index in [2.05, 4.69) is 20.4 Å². The van der Waals surface area contributed by atoms with E-state index in [4.69, 9.17) is 0 Å². The number of rotatable bonds is 6. The fourth-order valence-corrected chi connectivity index (χ4v) is 7.04. The maximum atomic E-state index is 12.8. The Labute approximate surface area is 196 Å². The summed E-state index contributed by atoms with van der Waals surface area (Å²) in [7, 11) is -3.52. The molecule has 0 spiro atoms. The Morgan fingerprint density at radius 1 is 1.09 bits per heavy atom. The van der Waals surface area contributed by atoms with Crippen molar-refractivity contribution in [1.29, 1.82) is 0 Å². The Balaban J connectivity index is 1.35. The Morgan fingerprint density at radius 2 is 1.85 bits per heavy atom. The van der Waals surface area contributed by atoms with Crippen molar-refractivity contribution in [1.82, 2.24) is 24.7 Å². The van der Waals surface area contributed by atoms with Crippen molar-refractivity contribution in [3.63, 3.8) is 0 Å². The minimum Gasteiger partial charge on any atom is -0.329 e. The standard InChI is InChI=1S/C22H27N5O4S2/c1-3-27-15(2)23-18-13-16(7-9-19(18)27)22(29)25-24-20(28)14-17-8-10-21(32-17)33(30,31)26-11-5-4-6-12-26/h7-10,13H,3-6,11-12,14H2,1-2H3,(H,24,28)(H,25,29). The van der Waals surface area contributed by atoms with Crippen LogP contribution in [0.15, 0.2) is 34.5 Å². The van der Waals surface area contributed by atoms with Crippen LogP contribution >= 0.6 is 11.3 Å². The zero-order valence-corrected chi connectivity index (χ0v) is 20.3. The van der Waals surface area contributed by atoms with Gasteiger partial charge >= 0.3 is 0 Å². The molecule has 2 N–H and O–H groups in total. The summed E-state index contributed by atoms with van der Waals surface area (Å²) >= 11 is 1.09. The molecule has 0 bridgehead atoms. The Bertz CT molecular complexity index is 1290. The van der Waals surface area contributed by atoms with Crippen molar-refractivity contribution in [3.8, 4) is 0 Å². The SMILES string of the molecule is CCn1c(C)nc2cc(C(=O)NNC(=O)Cc3ccc(S(=O)(=O)N4CCCCC4)s3)ccc21. The molecule has 33 heavy (non-hydrogen) atoms. The maximum Gasteiger partial charge on any atom is 0.269 e. The van der Waals surface area contributed by atoms with E-state index in [1.807, 2.05) is 19.9 Å². The zero-order valence-electron chi connectivity index (χ0n) is 18.6. The predicted molar refractivity (Wildman–Crippen MR) is 126 cm³/mol. The molecule has 1 fully saturated rings. The second-order valence-corrected chi connectivity index (χ2v) is 11.3. The van der Waals surface area contributed by atoms with Gasteiger partial charge in [-0.2, -0.15) is 4.31 Å². The summed E-state index contributed by atoms with van der Waals surface area (Å²) in [6.45, 7) is 5.80. The number of nitrogens with one attached hydrogen (secondary N) is 2. The van der Waals surface area contributed by atoms with Crippen molar-refractivity contribution in [2.45, 2.75) is 50.3 Å². The van der Waals surface area contributed by atoms with Crippen LogP contribution in [-0.4, -0.2) is 47.2 Å². The molecule has 0 unspecified atom stereocenters. The van der Waals surface area contributed by atoms with Crippen LogP contribution in [0.4, 0.5) is 0 Å². The minimum absolute atomic E-state index is 0.0282. The molecular formula is C22H27N5O4S2. The second-order valence-electron chi connectivity index (χ2n) is 7.97. The number of nitrogens with zero attached hydrogens (tertiary/aromatic N) is 3. The number of benzene rings is 1. The Morgan fingerprint density at radius 3 is 2.58 bits per heavy atom. The molecule has 0 atom stereocenters. The summed E-state index contributed by atoms with van der Waals surface area (Å²) in [5.41, 5.74) is 6.86. The van der Waals surface area contributed by atoms with Gasteiger partial charge in [-0.15, -0.1) is 11.3 Å². The number of hydrazine groups is 1. The highest BCUT2D eigenvalue weighted by atomic mass is 32.2. The first kappa shape index (κ1) is 23.4. The van der Waals surface area contributed by atoms with Crippen LogP contribution in [0.3, 0.4) is 0 Å². The van der Waals surface area contributed by atoms with Crippen LogP contribution in [0.1, 0.15) is 47.2 Å². The molecule has 1 aliphatic rings. The monoisotopic (exact) mass is 489 g/mol. The fourth-order valence-electron chi connectivity index (χ4n) is 4.02. The van der Waals surface area contributed by atoms with Gasteiger partial charge in [0.05, 0.1) is 17.5 Å². The van der Waals surface area contributed by atoms with Gasteiger partial charge in [-0.3, -0.25) is 20.4 Å². The number of thiophene rings is 1. The van der Waals surface area contributed by atoms with E-state index in [0.717, 1.165) is 48.5 Å². The number of hydrogen-bond acceptors (Lipinski definition) is 6. The molecule has 2 aromatic heterocycles. The molecule has 11 heteroatoms. The van der Waals surface area contributed by atoms with Gasteiger partial charge in [0.25, 0.3) is 15.9 Å². The number of imidazole rings is 1. The lowest BCUT2D eigenvalue weighted by atomic mass is 10.2. The highest BCUT2D eigenvalue weighted by Gasteiger charge is 2.27. The van der Waals surface area contributed by atoms with E-state index in [1.165, 1.54) is 4.31 Å². The summed E-state index contributed by atoms with van der Waals surface area (Å²) in [6.07, 6.45) is 2.75. The average Bonchev–Trinajstić information content (AvgIpc) is 3.41. The summed E-state index contributed by atoms with van der Waals surface area (Å²) in [6, 6.07) is 8.40. The number of aromatic nitrogens is 2. The van der Waals surface area contributed by atoms with E-state index in [9.17, 15) is 18.0 Å². The quantitative estimate of drug-likeness (QED) is 0.517. The zero-order chi connectivity index (χ0) is 23.6. The van der Waals surface area contributed by atoms with Crippen LogP contribution in [0.2, 0.25) is 0 Å². The van der Waals surface area contributed by atoms with E-state index in [1.54, 1.807) is 24.3 Å². The second kappa shape index (κ2) is 9.62. The van der Waals surface area contributed by atoms with E-state index in [0.29, 0.717) is 29.0 Å². The third-order valence-corrected chi connectivity index (χ3v) is 9.17.